The van der Waals surface area contributed by atoms with E-state index in [4.69, 9.17) is 0 Å². The van der Waals surface area contributed by atoms with Crippen molar-refractivity contribution in [3.05, 3.63) is 0 Å². The van der Waals surface area contributed by atoms with Gasteiger partial charge in [0.05, 0.1) is 11.5 Å². The van der Waals surface area contributed by atoms with E-state index in [1.54, 1.807) is 0 Å². The van der Waals surface area contributed by atoms with Gasteiger partial charge in [-0.2, -0.15) is 0 Å². The molecule has 2 unspecified atom stereocenters. The van der Waals surface area contributed by atoms with Crippen LogP contribution in [-0.4, -0.2) is 72.5 Å². The average Bonchev–Trinajstić information content (AvgIpc) is 2.59. The van der Waals surface area contributed by atoms with Gasteiger partial charge in [-0.25, -0.2) is 18.0 Å². The average molecular weight is 318 g/mol. The molecule has 2 rings (SSSR count). The molecule has 120 valence electrons. The Kier molecular flexibility index (Phi) is 4.75. The molecule has 2 fully saturated rings. The number of aliphatic carboxylic acids is 1. The number of piperidine rings is 1. The molecular weight excluding hydrogens is 296 g/mol. The van der Waals surface area contributed by atoms with Crippen LogP contribution in [0.15, 0.2) is 0 Å². The van der Waals surface area contributed by atoms with Crippen molar-refractivity contribution in [3.63, 3.8) is 0 Å². The van der Waals surface area contributed by atoms with Crippen LogP contribution in [0.1, 0.15) is 26.2 Å². The molecule has 0 saturated carbocycles. The monoisotopic (exact) mass is 318 g/mol. The van der Waals surface area contributed by atoms with Gasteiger partial charge in [0.2, 0.25) is 0 Å². The van der Waals surface area contributed by atoms with Crippen LogP contribution in [-0.2, 0) is 14.6 Å². The normalized spacial score (nSPS) is 29.8. The van der Waals surface area contributed by atoms with Gasteiger partial charge in [-0.05, 0) is 25.2 Å². The van der Waals surface area contributed by atoms with Crippen molar-refractivity contribution in [3.8, 4) is 0 Å². The smallest absolute Gasteiger partial charge is 0.326 e. The second-order valence-electron chi connectivity index (χ2n) is 5.95. The zero-order chi connectivity index (χ0) is 15.6. The molecule has 2 heterocycles. The topological polar surface area (TPSA) is 95.0 Å². The largest absolute Gasteiger partial charge is 0.480 e. The predicted octanol–water partition coefficient (Wildman–Crippen LogP) is 0.412. The maximum atomic E-state index is 12.5. The van der Waals surface area contributed by atoms with E-state index in [2.05, 4.69) is 0 Å². The second-order valence-corrected chi connectivity index (χ2v) is 8.26. The van der Waals surface area contributed by atoms with Crippen molar-refractivity contribution in [2.45, 2.75) is 32.2 Å². The summed E-state index contributed by atoms with van der Waals surface area (Å²) < 4.78 is 23.2. The molecule has 2 saturated heterocycles. The SMILES string of the molecule is CC1CCN(C(=O)N2CCCS(=O)(=O)CC2)C(C(=O)O)C1. The third-order valence-electron chi connectivity index (χ3n) is 4.22. The first kappa shape index (κ1) is 16.1. The highest BCUT2D eigenvalue weighted by atomic mass is 32.2. The Hall–Kier alpha value is -1.31. The van der Waals surface area contributed by atoms with E-state index in [1.807, 2.05) is 6.92 Å². The molecule has 2 aliphatic heterocycles. The lowest BCUT2D eigenvalue weighted by Crippen LogP contribution is -2.54. The summed E-state index contributed by atoms with van der Waals surface area (Å²) in [6.07, 6.45) is 1.64. The third-order valence-corrected chi connectivity index (χ3v) is 5.94. The maximum Gasteiger partial charge on any atom is 0.326 e. The van der Waals surface area contributed by atoms with Gasteiger partial charge >= 0.3 is 12.0 Å². The van der Waals surface area contributed by atoms with E-state index in [-0.39, 0.29) is 30.0 Å². The first-order valence-electron chi connectivity index (χ1n) is 7.29. The molecule has 8 heteroatoms. The summed E-state index contributed by atoms with van der Waals surface area (Å²) in [4.78, 5) is 26.8. The zero-order valence-electron chi connectivity index (χ0n) is 12.2. The molecule has 0 radical (unpaired) electrons. The van der Waals surface area contributed by atoms with E-state index in [0.717, 1.165) is 6.42 Å². The molecule has 7 nitrogen and oxygen atoms in total. The first-order chi connectivity index (χ1) is 9.80. The van der Waals surface area contributed by atoms with E-state index >= 15 is 0 Å². The molecule has 0 aromatic rings. The number of nitrogens with zero attached hydrogens (tertiary/aromatic N) is 2. The molecule has 0 aromatic carbocycles. The summed E-state index contributed by atoms with van der Waals surface area (Å²) in [6.45, 7) is 2.92. The van der Waals surface area contributed by atoms with Crippen molar-refractivity contribution < 1.29 is 23.1 Å². The van der Waals surface area contributed by atoms with Crippen LogP contribution in [0.5, 0.6) is 0 Å². The van der Waals surface area contributed by atoms with Gasteiger partial charge in [0.25, 0.3) is 0 Å². The molecule has 0 bridgehead atoms. The van der Waals surface area contributed by atoms with Crippen LogP contribution in [0, 0.1) is 5.92 Å². The van der Waals surface area contributed by atoms with Crippen molar-refractivity contribution in [2.24, 2.45) is 5.92 Å². The number of carboxylic acids is 1. The Balaban J connectivity index is 2.09. The minimum absolute atomic E-state index is 0.0410. The van der Waals surface area contributed by atoms with Crippen LogP contribution < -0.4 is 0 Å². The first-order valence-corrected chi connectivity index (χ1v) is 9.11. The Morgan fingerprint density at radius 3 is 2.52 bits per heavy atom. The summed E-state index contributed by atoms with van der Waals surface area (Å²) in [5.41, 5.74) is 0. The van der Waals surface area contributed by atoms with Crippen LogP contribution in [0.3, 0.4) is 0 Å². The second kappa shape index (κ2) is 6.21. The van der Waals surface area contributed by atoms with Crippen LogP contribution >= 0.6 is 0 Å². The lowest BCUT2D eigenvalue weighted by molar-refractivity contribution is -0.144. The lowest BCUT2D eigenvalue weighted by atomic mass is 9.92. The number of carbonyl (C=O) groups is 2. The Bertz CT molecular complexity index is 519. The number of amides is 2. The summed E-state index contributed by atoms with van der Waals surface area (Å²) >= 11 is 0. The molecular formula is C13H22N2O5S. The van der Waals surface area contributed by atoms with Gasteiger partial charge in [0.1, 0.15) is 6.04 Å². The molecule has 1 N–H and O–H groups in total. The fourth-order valence-corrected chi connectivity index (χ4v) is 4.19. The van der Waals surface area contributed by atoms with Gasteiger partial charge in [-0.1, -0.05) is 6.92 Å². The molecule has 2 amide bonds. The summed E-state index contributed by atoms with van der Waals surface area (Å²) in [7, 11) is -3.08. The minimum Gasteiger partial charge on any atom is -0.480 e. The quantitative estimate of drug-likeness (QED) is 0.755. The molecule has 0 aliphatic carbocycles. The number of hydrogen-bond acceptors (Lipinski definition) is 4. The van der Waals surface area contributed by atoms with Crippen LogP contribution in [0.4, 0.5) is 4.79 Å². The minimum atomic E-state index is -3.08. The van der Waals surface area contributed by atoms with Gasteiger partial charge < -0.3 is 14.9 Å². The number of carbonyl (C=O) groups excluding carboxylic acids is 1. The van der Waals surface area contributed by atoms with Crippen molar-refractivity contribution >= 4 is 21.8 Å². The molecule has 2 aliphatic rings. The fourth-order valence-electron chi connectivity index (χ4n) is 2.92. The Morgan fingerprint density at radius 1 is 1.14 bits per heavy atom. The highest BCUT2D eigenvalue weighted by molar-refractivity contribution is 7.91. The predicted molar refractivity (Wildman–Crippen MR) is 76.8 cm³/mol. The molecule has 21 heavy (non-hydrogen) atoms. The van der Waals surface area contributed by atoms with Crippen molar-refractivity contribution in [1.29, 1.82) is 0 Å². The number of sulfone groups is 1. The van der Waals surface area contributed by atoms with Gasteiger partial charge in [-0.15, -0.1) is 0 Å². The summed E-state index contributed by atoms with van der Waals surface area (Å²) in [6, 6.07) is -1.15. The highest BCUT2D eigenvalue weighted by Crippen LogP contribution is 2.24. The fraction of sp³-hybridized carbons (Fsp3) is 0.846. The van der Waals surface area contributed by atoms with Gasteiger partial charge in [-0.3, -0.25) is 0 Å². The Labute approximate surface area is 124 Å². The lowest BCUT2D eigenvalue weighted by Gasteiger charge is -2.38. The van der Waals surface area contributed by atoms with Crippen molar-refractivity contribution in [2.75, 3.05) is 31.1 Å². The number of carboxylic acid groups (broad SMARTS) is 1. The van der Waals surface area contributed by atoms with Crippen molar-refractivity contribution in [1.82, 2.24) is 9.80 Å². The maximum absolute atomic E-state index is 12.5. The van der Waals surface area contributed by atoms with E-state index < -0.39 is 21.8 Å². The standard InChI is InChI=1S/C13H22N2O5S/c1-10-3-5-15(11(9-10)12(16)17)13(18)14-4-2-7-21(19,20)8-6-14/h10-11H,2-9H2,1H3,(H,16,17). The van der Waals surface area contributed by atoms with E-state index in [1.165, 1.54) is 9.80 Å². The van der Waals surface area contributed by atoms with Crippen LogP contribution in [0.2, 0.25) is 0 Å². The van der Waals surface area contributed by atoms with Crippen LogP contribution in [0.25, 0.3) is 0 Å². The molecule has 0 aromatic heterocycles. The van der Waals surface area contributed by atoms with E-state index in [0.29, 0.717) is 25.9 Å². The summed E-state index contributed by atoms with van der Waals surface area (Å²) in [5, 5.41) is 9.30. The molecule has 2 atom stereocenters. The van der Waals surface area contributed by atoms with Gasteiger partial charge in [0.15, 0.2) is 9.84 Å². The van der Waals surface area contributed by atoms with Gasteiger partial charge in [0, 0.05) is 19.6 Å². The summed E-state index contributed by atoms with van der Waals surface area (Å²) in [5.74, 6) is -0.659. The number of rotatable bonds is 1. The number of urea groups is 1. The zero-order valence-corrected chi connectivity index (χ0v) is 13.0. The highest BCUT2D eigenvalue weighted by Gasteiger charge is 2.37. The Morgan fingerprint density at radius 2 is 1.86 bits per heavy atom. The molecule has 0 spiro atoms. The number of hydrogen-bond donors (Lipinski definition) is 1. The number of likely N-dealkylation sites (tertiary alicyclic amines) is 1. The third kappa shape index (κ3) is 3.87. The van der Waals surface area contributed by atoms with E-state index in [9.17, 15) is 23.1 Å².